The van der Waals surface area contributed by atoms with Crippen molar-refractivity contribution in [2.24, 2.45) is 5.41 Å². The van der Waals surface area contributed by atoms with E-state index in [1.165, 1.54) is 11.1 Å². The summed E-state index contributed by atoms with van der Waals surface area (Å²) in [7, 11) is 0. The number of carbonyl (C=O) groups is 1. The lowest BCUT2D eigenvalue weighted by molar-refractivity contribution is -0.125. The molecule has 1 aromatic rings. The maximum atomic E-state index is 12.6. The molecule has 1 saturated heterocycles. The maximum absolute atomic E-state index is 12.6. The largest absolute Gasteiger partial charge is 0.326 e. The molecule has 104 valence electrons. The van der Waals surface area contributed by atoms with Gasteiger partial charge in [-0.3, -0.25) is 4.79 Å². The van der Waals surface area contributed by atoms with Crippen LogP contribution < -0.4 is 10.6 Å². The highest BCUT2D eigenvalue weighted by molar-refractivity contribution is 5.95. The summed E-state index contributed by atoms with van der Waals surface area (Å²) in [4.78, 5) is 12.6. The molecule has 0 bridgehead atoms. The molecule has 1 heterocycles. The number of aryl methyl sites for hydroxylation is 2. The standard InChI is InChI=1S/C16H24N2O/c1-4-7-16(8-9-17-11-16)15(19)18-14-6-5-12(2)13(3)10-14/h5-6,10,17H,4,7-9,11H2,1-3H3,(H,18,19). The normalized spacial score (nSPS) is 22.5. The van der Waals surface area contributed by atoms with Gasteiger partial charge in [0, 0.05) is 12.2 Å². The van der Waals surface area contributed by atoms with Crippen molar-refractivity contribution < 1.29 is 4.79 Å². The molecule has 1 amide bonds. The van der Waals surface area contributed by atoms with Crippen molar-refractivity contribution in [2.45, 2.75) is 40.0 Å². The number of hydrogen-bond acceptors (Lipinski definition) is 2. The Kier molecular flexibility index (Phi) is 4.25. The Labute approximate surface area is 115 Å². The van der Waals surface area contributed by atoms with Crippen LogP contribution in [0, 0.1) is 19.3 Å². The van der Waals surface area contributed by atoms with Gasteiger partial charge in [0.1, 0.15) is 0 Å². The number of benzene rings is 1. The van der Waals surface area contributed by atoms with Crippen molar-refractivity contribution in [3.05, 3.63) is 29.3 Å². The van der Waals surface area contributed by atoms with Crippen molar-refractivity contribution in [1.82, 2.24) is 5.32 Å². The van der Waals surface area contributed by atoms with E-state index in [9.17, 15) is 4.79 Å². The quantitative estimate of drug-likeness (QED) is 0.873. The number of nitrogens with one attached hydrogen (secondary N) is 2. The molecule has 1 fully saturated rings. The molecule has 2 rings (SSSR count). The minimum absolute atomic E-state index is 0.169. The van der Waals surface area contributed by atoms with Crippen LogP contribution in [-0.2, 0) is 4.79 Å². The minimum atomic E-state index is -0.215. The van der Waals surface area contributed by atoms with Crippen LogP contribution in [0.4, 0.5) is 5.69 Å². The number of carbonyl (C=O) groups excluding carboxylic acids is 1. The van der Waals surface area contributed by atoms with Gasteiger partial charge in [-0.25, -0.2) is 0 Å². The Hall–Kier alpha value is -1.35. The fourth-order valence-electron chi connectivity index (χ4n) is 2.83. The molecule has 0 saturated carbocycles. The molecular formula is C16H24N2O. The summed E-state index contributed by atoms with van der Waals surface area (Å²) in [5, 5.41) is 6.42. The SMILES string of the molecule is CCCC1(C(=O)Nc2ccc(C)c(C)c2)CCNC1. The van der Waals surface area contributed by atoms with E-state index < -0.39 is 0 Å². The Morgan fingerprint density at radius 3 is 2.74 bits per heavy atom. The maximum Gasteiger partial charge on any atom is 0.231 e. The van der Waals surface area contributed by atoms with E-state index in [0.29, 0.717) is 0 Å². The van der Waals surface area contributed by atoms with E-state index in [0.717, 1.165) is 38.0 Å². The van der Waals surface area contributed by atoms with Gasteiger partial charge < -0.3 is 10.6 Å². The Balaban J connectivity index is 2.12. The zero-order valence-electron chi connectivity index (χ0n) is 12.2. The highest BCUT2D eigenvalue weighted by atomic mass is 16.2. The molecule has 1 aliphatic rings. The highest BCUT2D eigenvalue weighted by Crippen LogP contribution is 2.32. The van der Waals surface area contributed by atoms with Gasteiger partial charge in [-0.05, 0) is 56.5 Å². The Morgan fingerprint density at radius 2 is 2.16 bits per heavy atom. The second-order valence-electron chi connectivity index (χ2n) is 5.71. The summed E-state index contributed by atoms with van der Waals surface area (Å²) >= 11 is 0. The number of hydrogen-bond donors (Lipinski definition) is 2. The van der Waals surface area contributed by atoms with Gasteiger partial charge in [0.15, 0.2) is 0 Å². The fraction of sp³-hybridized carbons (Fsp3) is 0.562. The molecule has 1 aromatic carbocycles. The summed E-state index contributed by atoms with van der Waals surface area (Å²) in [6.45, 7) is 8.05. The first-order valence-electron chi connectivity index (χ1n) is 7.17. The van der Waals surface area contributed by atoms with Gasteiger partial charge in [-0.1, -0.05) is 19.4 Å². The third kappa shape index (κ3) is 2.98. The monoisotopic (exact) mass is 260 g/mol. The van der Waals surface area contributed by atoms with Crippen LogP contribution in [0.3, 0.4) is 0 Å². The Bertz CT molecular complexity index is 462. The van der Waals surface area contributed by atoms with Gasteiger partial charge >= 0.3 is 0 Å². The lowest BCUT2D eigenvalue weighted by Crippen LogP contribution is -2.38. The summed E-state index contributed by atoms with van der Waals surface area (Å²) in [5.74, 6) is 0.169. The molecule has 3 nitrogen and oxygen atoms in total. The van der Waals surface area contributed by atoms with E-state index in [1.54, 1.807) is 0 Å². The van der Waals surface area contributed by atoms with E-state index in [4.69, 9.17) is 0 Å². The first-order chi connectivity index (χ1) is 9.07. The average Bonchev–Trinajstić information content (AvgIpc) is 2.84. The third-order valence-electron chi connectivity index (χ3n) is 4.22. The van der Waals surface area contributed by atoms with Gasteiger partial charge in [0.05, 0.1) is 5.41 Å². The van der Waals surface area contributed by atoms with Gasteiger partial charge in [0.2, 0.25) is 5.91 Å². The van der Waals surface area contributed by atoms with Crippen LogP contribution in [0.25, 0.3) is 0 Å². The molecule has 1 atom stereocenters. The summed E-state index contributed by atoms with van der Waals surface area (Å²) in [6.07, 6.45) is 2.94. The average molecular weight is 260 g/mol. The predicted molar refractivity (Wildman–Crippen MR) is 79.4 cm³/mol. The van der Waals surface area contributed by atoms with Crippen molar-refractivity contribution in [1.29, 1.82) is 0 Å². The molecule has 0 spiro atoms. The minimum Gasteiger partial charge on any atom is -0.326 e. The van der Waals surface area contributed by atoms with E-state index in [2.05, 4.69) is 43.5 Å². The molecule has 2 N–H and O–H groups in total. The van der Waals surface area contributed by atoms with E-state index in [1.807, 2.05) is 6.07 Å². The van der Waals surface area contributed by atoms with Crippen LogP contribution in [0.5, 0.6) is 0 Å². The fourth-order valence-corrected chi connectivity index (χ4v) is 2.83. The summed E-state index contributed by atoms with van der Waals surface area (Å²) < 4.78 is 0. The Morgan fingerprint density at radius 1 is 1.37 bits per heavy atom. The first-order valence-corrected chi connectivity index (χ1v) is 7.17. The molecule has 1 aliphatic heterocycles. The zero-order valence-corrected chi connectivity index (χ0v) is 12.2. The smallest absolute Gasteiger partial charge is 0.231 e. The van der Waals surface area contributed by atoms with Crippen LogP contribution >= 0.6 is 0 Å². The van der Waals surface area contributed by atoms with Crippen LogP contribution in [0.2, 0.25) is 0 Å². The zero-order chi connectivity index (χ0) is 13.9. The van der Waals surface area contributed by atoms with Crippen molar-refractivity contribution >= 4 is 11.6 Å². The lowest BCUT2D eigenvalue weighted by Gasteiger charge is -2.26. The van der Waals surface area contributed by atoms with Gasteiger partial charge in [0.25, 0.3) is 0 Å². The molecule has 19 heavy (non-hydrogen) atoms. The van der Waals surface area contributed by atoms with E-state index in [-0.39, 0.29) is 11.3 Å². The molecule has 0 aliphatic carbocycles. The third-order valence-corrected chi connectivity index (χ3v) is 4.22. The lowest BCUT2D eigenvalue weighted by atomic mass is 9.81. The van der Waals surface area contributed by atoms with Gasteiger partial charge in [-0.2, -0.15) is 0 Å². The molecule has 0 radical (unpaired) electrons. The molecule has 3 heteroatoms. The molecular weight excluding hydrogens is 236 g/mol. The van der Waals surface area contributed by atoms with Crippen LogP contribution in [0.1, 0.15) is 37.3 Å². The first kappa shape index (κ1) is 14.1. The van der Waals surface area contributed by atoms with Crippen molar-refractivity contribution in [3.8, 4) is 0 Å². The second-order valence-corrected chi connectivity index (χ2v) is 5.71. The number of rotatable bonds is 4. The van der Waals surface area contributed by atoms with Gasteiger partial charge in [-0.15, -0.1) is 0 Å². The topological polar surface area (TPSA) is 41.1 Å². The second kappa shape index (κ2) is 5.74. The molecule has 1 unspecified atom stereocenters. The van der Waals surface area contributed by atoms with Crippen LogP contribution in [-0.4, -0.2) is 19.0 Å². The summed E-state index contributed by atoms with van der Waals surface area (Å²) in [6, 6.07) is 6.10. The van der Waals surface area contributed by atoms with Crippen molar-refractivity contribution in [3.63, 3.8) is 0 Å². The predicted octanol–water partition coefficient (Wildman–Crippen LogP) is 3.02. The number of amides is 1. The summed E-state index contributed by atoms with van der Waals surface area (Å²) in [5.41, 5.74) is 3.17. The highest BCUT2D eigenvalue weighted by Gasteiger charge is 2.40. The van der Waals surface area contributed by atoms with Crippen LogP contribution in [0.15, 0.2) is 18.2 Å². The van der Waals surface area contributed by atoms with E-state index >= 15 is 0 Å². The molecule has 0 aromatic heterocycles. The van der Waals surface area contributed by atoms with Crippen molar-refractivity contribution in [2.75, 3.05) is 18.4 Å². The number of anilines is 1.